The Morgan fingerprint density at radius 3 is 2.45 bits per heavy atom. The highest BCUT2D eigenvalue weighted by Crippen LogP contribution is 2.24. The minimum atomic E-state index is -0.224. The lowest BCUT2D eigenvalue weighted by molar-refractivity contribution is -0.137. The van der Waals surface area contributed by atoms with Crippen molar-refractivity contribution in [1.82, 2.24) is 9.80 Å². The molecule has 1 saturated heterocycles. The number of hydrogen-bond donors (Lipinski definition) is 0. The zero-order valence-corrected chi connectivity index (χ0v) is 13.6. The summed E-state index contributed by atoms with van der Waals surface area (Å²) in [5.41, 5.74) is 0. The first-order chi connectivity index (χ1) is 10.5. The summed E-state index contributed by atoms with van der Waals surface area (Å²) >= 11 is 0. The molecule has 2 aliphatic heterocycles. The van der Waals surface area contributed by atoms with Gasteiger partial charge in [0.25, 0.3) is 11.8 Å². The topological polar surface area (TPSA) is 57.7 Å². The predicted molar refractivity (Wildman–Crippen MR) is 83.9 cm³/mol. The molecule has 0 saturated carbocycles. The molecule has 5 nitrogen and oxygen atoms in total. The van der Waals surface area contributed by atoms with Gasteiger partial charge in [-0.15, -0.1) is 0 Å². The van der Waals surface area contributed by atoms with E-state index in [4.69, 9.17) is 0 Å². The van der Waals surface area contributed by atoms with Gasteiger partial charge in [0.2, 0.25) is 5.91 Å². The molecule has 3 amide bonds. The third-order valence-corrected chi connectivity index (χ3v) is 4.69. The predicted octanol–water partition coefficient (Wildman–Crippen LogP) is 1.98. The number of amides is 3. The minimum Gasteiger partial charge on any atom is -0.342 e. The molecule has 0 aliphatic carbocycles. The summed E-state index contributed by atoms with van der Waals surface area (Å²) in [7, 11) is 0. The molecule has 122 valence electrons. The first-order valence-corrected chi connectivity index (χ1v) is 8.30. The molecule has 22 heavy (non-hydrogen) atoms. The molecular formula is C17H26N2O3. The van der Waals surface area contributed by atoms with Crippen LogP contribution >= 0.6 is 0 Å². The molecule has 0 unspecified atom stereocenters. The van der Waals surface area contributed by atoms with Crippen LogP contribution in [0.3, 0.4) is 0 Å². The molecule has 0 aromatic rings. The molecule has 0 aromatic heterocycles. The van der Waals surface area contributed by atoms with Crippen molar-refractivity contribution in [2.24, 2.45) is 11.8 Å². The summed E-state index contributed by atoms with van der Waals surface area (Å²) in [6.07, 6.45) is 6.77. The van der Waals surface area contributed by atoms with Crippen molar-refractivity contribution in [3.63, 3.8) is 0 Å². The highest BCUT2D eigenvalue weighted by molar-refractivity contribution is 6.12. The van der Waals surface area contributed by atoms with E-state index >= 15 is 0 Å². The number of carbonyl (C=O) groups excluding carboxylic acids is 3. The van der Waals surface area contributed by atoms with Crippen molar-refractivity contribution < 1.29 is 14.4 Å². The maximum atomic E-state index is 12.1. The second kappa shape index (κ2) is 7.56. The fourth-order valence-corrected chi connectivity index (χ4v) is 3.09. The van der Waals surface area contributed by atoms with Crippen molar-refractivity contribution in [3.8, 4) is 0 Å². The summed E-state index contributed by atoms with van der Waals surface area (Å²) in [5.74, 6) is 1.08. The highest BCUT2D eigenvalue weighted by Gasteiger charge is 2.27. The van der Waals surface area contributed by atoms with Crippen molar-refractivity contribution in [2.45, 2.75) is 46.0 Å². The SMILES string of the molecule is CC(C)[C@H]1CCN(C(=O)CCCCCN2C(=O)C=CC2=O)C1. The first kappa shape index (κ1) is 16.7. The maximum Gasteiger partial charge on any atom is 0.253 e. The zero-order chi connectivity index (χ0) is 16.1. The summed E-state index contributed by atoms with van der Waals surface area (Å²) in [4.78, 5) is 38.1. The van der Waals surface area contributed by atoms with Gasteiger partial charge in [0.05, 0.1) is 0 Å². The quantitative estimate of drug-likeness (QED) is 0.534. The fourth-order valence-electron chi connectivity index (χ4n) is 3.09. The molecule has 2 heterocycles. The van der Waals surface area contributed by atoms with Crippen LogP contribution in [0.2, 0.25) is 0 Å². The molecule has 1 atom stereocenters. The monoisotopic (exact) mass is 306 g/mol. The van der Waals surface area contributed by atoms with Crippen LogP contribution in [0.1, 0.15) is 46.0 Å². The number of rotatable bonds is 7. The van der Waals surface area contributed by atoms with E-state index in [2.05, 4.69) is 13.8 Å². The molecular weight excluding hydrogens is 280 g/mol. The minimum absolute atomic E-state index is 0.224. The standard InChI is InChI=1S/C17H26N2O3/c1-13(2)14-9-11-18(12-14)15(20)6-4-3-5-10-19-16(21)7-8-17(19)22/h7-8,13-14H,3-6,9-12H2,1-2H3/t14-/m0/s1. The van der Waals surface area contributed by atoms with E-state index in [1.165, 1.54) is 17.1 Å². The Hall–Kier alpha value is -1.65. The molecule has 0 radical (unpaired) electrons. The normalized spacial score (nSPS) is 21.5. The molecule has 2 aliphatic rings. The molecule has 5 heteroatoms. The number of likely N-dealkylation sites (tertiary alicyclic amines) is 1. The molecule has 0 spiro atoms. The van der Waals surface area contributed by atoms with Crippen LogP contribution in [-0.4, -0.2) is 47.2 Å². The Kier molecular flexibility index (Phi) is 5.75. The van der Waals surface area contributed by atoms with E-state index in [0.29, 0.717) is 24.8 Å². The largest absolute Gasteiger partial charge is 0.342 e. The lowest BCUT2D eigenvalue weighted by Crippen LogP contribution is -2.31. The van der Waals surface area contributed by atoms with Crippen molar-refractivity contribution in [2.75, 3.05) is 19.6 Å². The van der Waals surface area contributed by atoms with Crippen LogP contribution in [0.5, 0.6) is 0 Å². The summed E-state index contributed by atoms with van der Waals surface area (Å²) in [5, 5.41) is 0. The summed E-state index contributed by atoms with van der Waals surface area (Å²) in [6.45, 7) is 6.68. The van der Waals surface area contributed by atoms with E-state index in [1.807, 2.05) is 4.90 Å². The number of carbonyl (C=O) groups is 3. The Labute approximate surface area is 132 Å². The van der Waals surface area contributed by atoms with Crippen LogP contribution in [-0.2, 0) is 14.4 Å². The van der Waals surface area contributed by atoms with Crippen LogP contribution in [0.25, 0.3) is 0 Å². The maximum absolute atomic E-state index is 12.1. The Bertz CT molecular complexity index is 453. The Morgan fingerprint density at radius 1 is 1.18 bits per heavy atom. The van der Waals surface area contributed by atoms with Gasteiger partial charge >= 0.3 is 0 Å². The molecule has 2 rings (SSSR count). The lowest BCUT2D eigenvalue weighted by atomic mass is 9.95. The van der Waals surface area contributed by atoms with E-state index in [-0.39, 0.29) is 17.7 Å². The average Bonchev–Trinajstić information content (AvgIpc) is 3.08. The van der Waals surface area contributed by atoms with Gasteiger partial charge in [0, 0.05) is 38.2 Å². The second-order valence-corrected chi connectivity index (χ2v) is 6.60. The van der Waals surface area contributed by atoms with Gasteiger partial charge in [-0.25, -0.2) is 0 Å². The van der Waals surface area contributed by atoms with E-state index in [1.54, 1.807) is 0 Å². The van der Waals surface area contributed by atoms with E-state index < -0.39 is 0 Å². The lowest BCUT2D eigenvalue weighted by Gasteiger charge is -2.18. The Balaban J connectivity index is 1.58. The van der Waals surface area contributed by atoms with Crippen LogP contribution in [0.4, 0.5) is 0 Å². The smallest absolute Gasteiger partial charge is 0.253 e. The summed E-state index contributed by atoms with van der Waals surface area (Å²) < 4.78 is 0. The van der Waals surface area contributed by atoms with Crippen molar-refractivity contribution in [3.05, 3.63) is 12.2 Å². The second-order valence-electron chi connectivity index (χ2n) is 6.60. The number of unbranched alkanes of at least 4 members (excludes halogenated alkanes) is 2. The van der Waals surface area contributed by atoms with Gasteiger partial charge in [0.15, 0.2) is 0 Å². The van der Waals surface area contributed by atoms with Crippen molar-refractivity contribution in [1.29, 1.82) is 0 Å². The third kappa shape index (κ3) is 4.18. The molecule has 1 fully saturated rings. The van der Waals surface area contributed by atoms with Gasteiger partial charge in [0.1, 0.15) is 0 Å². The summed E-state index contributed by atoms with van der Waals surface area (Å²) in [6, 6.07) is 0. The highest BCUT2D eigenvalue weighted by atomic mass is 16.2. The zero-order valence-electron chi connectivity index (χ0n) is 13.6. The number of hydrogen-bond acceptors (Lipinski definition) is 3. The van der Waals surface area contributed by atoms with Crippen LogP contribution in [0.15, 0.2) is 12.2 Å². The van der Waals surface area contributed by atoms with Crippen molar-refractivity contribution >= 4 is 17.7 Å². The first-order valence-electron chi connectivity index (χ1n) is 8.30. The van der Waals surface area contributed by atoms with E-state index in [9.17, 15) is 14.4 Å². The van der Waals surface area contributed by atoms with Gasteiger partial charge in [-0.05, 0) is 31.1 Å². The third-order valence-electron chi connectivity index (χ3n) is 4.69. The number of imide groups is 1. The van der Waals surface area contributed by atoms with Gasteiger partial charge in [-0.1, -0.05) is 20.3 Å². The Morgan fingerprint density at radius 2 is 1.86 bits per heavy atom. The van der Waals surface area contributed by atoms with Gasteiger partial charge in [-0.3, -0.25) is 19.3 Å². The molecule has 0 bridgehead atoms. The van der Waals surface area contributed by atoms with Crippen LogP contribution in [0, 0.1) is 11.8 Å². The fraction of sp³-hybridized carbons (Fsp3) is 0.706. The van der Waals surface area contributed by atoms with Gasteiger partial charge in [-0.2, -0.15) is 0 Å². The van der Waals surface area contributed by atoms with Crippen LogP contribution < -0.4 is 0 Å². The van der Waals surface area contributed by atoms with E-state index in [0.717, 1.165) is 38.8 Å². The molecule has 0 aromatic carbocycles. The van der Waals surface area contributed by atoms with Gasteiger partial charge < -0.3 is 4.90 Å². The molecule has 0 N–H and O–H groups in total. The number of nitrogens with zero attached hydrogens (tertiary/aromatic N) is 2. The average molecular weight is 306 g/mol.